The summed E-state index contributed by atoms with van der Waals surface area (Å²) in [6, 6.07) is 0. The summed E-state index contributed by atoms with van der Waals surface area (Å²) in [4.78, 5) is 26.0. The van der Waals surface area contributed by atoms with Gasteiger partial charge in [0.1, 0.15) is 0 Å². The van der Waals surface area contributed by atoms with Crippen molar-refractivity contribution in [3.8, 4) is 0 Å². The van der Waals surface area contributed by atoms with Crippen LogP contribution >= 0.6 is 0 Å². The van der Waals surface area contributed by atoms with Gasteiger partial charge in [0.2, 0.25) is 5.91 Å². The van der Waals surface area contributed by atoms with E-state index in [9.17, 15) is 14.7 Å². The number of hydrogen-bond acceptors (Lipinski definition) is 4. The zero-order chi connectivity index (χ0) is 15.5. The highest BCUT2D eigenvalue weighted by Crippen LogP contribution is 2.36. The summed E-state index contributed by atoms with van der Waals surface area (Å²) in [6.45, 7) is 4.93. The number of nitrogens with one attached hydrogen (secondary N) is 1. The monoisotopic (exact) mass is 298 g/mol. The molecule has 2 fully saturated rings. The molecule has 0 radical (unpaired) electrons. The van der Waals surface area contributed by atoms with Crippen molar-refractivity contribution in [2.75, 3.05) is 39.9 Å². The van der Waals surface area contributed by atoms with Gasteiger partial charge in [0.25, 0.3) is 0 Å². The fraction of sp³-hybridized carbons (Fsp3) is 0.867. The average molecular weight is 298 g/mol. The van der Waals surface area contributed by atoms with Crippen LogP contribution in [0.2, 0.25) is 0 Å². The van der Waals surface area contributed by atoms with Gasteiger partial charge in [-0.25, -0.2) is 0 Å². The van der Waals surface area contributed by atoms with Gasteiger partial charge in [-0.05, 0) is 45.7 Å². The summed E-state index contributed by atoms with van der Waals surface area (Å²) in [5.41, 5.74) is -1.13. The Morgan fingerprint density at radius 1 is 1.19 bits per heavy atom. The maximum atomic E-state index is 12.9. The fourth-order valence-corrected chi connectivity index (χ4v) is 3.35. The van der Waals surface area contributed by atoms with Crippen LogP contribution in [0.15, 0.2) is 0 Å². The lowest BCUT2D eigenvalue weighted by molar-refractivity contribution is -0.157. The molecule has 0 aromatic rings. The van der Waals surface area contributed by atoms with E-state index in [1.807, 2.05) is 4.90 Å². The van der Waals surface area contributed by atoms with E-state index >= 15 is 0 Å². The Balaban J connectivity index is 2.04. The number of methoxy groups -OCH3 is 1. The maximum Gasteiger partial charge on any atom is 0.309 e. The SMILES string of the molecule is COCC1(C(=O)N2CCC(C)(C(=O)O)CC2)CCNCC1. The van der Waals surface area contributed by atoms with E-state index in [0.717, 1.165) is 25.9 Å². The number of aliphatic carboxylic acids is 1. The van der Waals surface area contributed by atoms with Gasteiger partial charge in [-0.2, -0.15) is 0 Å². The standard InChI is InChI=1S/C15H26N2O4/c1-14(13(19)20)5-9-17(10-6-14)12(18)15(11-21-2)3-7-16-8-4-15/h16H,3-11H2,1-2H3,(H,19,20). The largest absolute Gasteiger partial charge is 0.481 e. The van der Waals surface area contributed by atoms with E-state index in [-0.39, 0.29) is 5.91 Å². The third-order valence-corrected chi connectivity index (χ3v) is 5.11. The van der Waals surface area contributed by atoms with Crippen molar-refractivity contribution >= 4 is 11.9 Å². The van der Waals surface area contributed by atoms with Gasteiger partial charge in [-0.15, -0.1) is 0 Å². The van der Waals surface area contributed by atoms with Crippen LogP contribution in [0.1, 0.15) is 32.6 Å². The molecular weight excluding hydrogens is 272 g/mol. The van der Waals surface area contributed by atoms with Crippen molar-refractivity contribution in [1.82, 2.24) is 10.2 Å². The summed E-state index contributed by atoms with van der Waals surface area (Å²) in [7, 11) is 1.63. The fourth-order valence-electron chi connectivity index (χ4n) is 3.35. The first-order valence-corrected chi connectivity index (χ1v) is 7.66. The second-order valence-corrected chi connectivity index (χ2v) is 6.62. The normalized spacial score (nSPS) is 24.6. The van der Waals surface area contributed by atoms with Crippen LogP contribution in [0.25, 0.3) is 0 Å². The number of carboxylic acid groups (broad SMARTS) is 1. The Labute approximate surface area is 125 Å². The predicted octanol–water partition coefficient (Wildman–Crippen LogP) is 0.716. The third kappa shape index (κ3) is 3.21. The first-order chi connectivity index (χ1) is 9.93. The van der Waals surface area contributed by atoms with Crippen LogP contribution in [0.5, 0.6) is 0 Å². The van der Waals surface area contributed by atoms with Crippen LogP contribution in [0.4, 0.5) is 0 Å². The molecule has 2 N–H and O–H groups in total. The molecule has 0 aromatic carbocycles. The lowest BCUT2D eigenvalue weighted by Gasteiger charge is -2.43. The van der Waals surface area contributed by atoms with E-state index in [1.54, 1.807) is 14.0 Å². The molecule has 2 aliphatic heterocycles. The Morgan fingerprint density at radius 3 is 2.24 bits per heavy atom. The van der Waals surface area contributed by atoms with Crippen LogP contribution in [-0.2, 0) is 14.3 Å². The summed E-state index contributed by atoms with van der Waals surface area (Å²) in [6.07, 6.45) is 2.61. The van der Waals surface area contributed by atoms with Crippen molar-refractivity contribution in [1.29, 1.82) is 0 Å². The number of carbonyl (C=O) groups is 2. The summed E-state index contributed by atoms with van der Waals surface area (Å²) < 4.78 is 5.31. The lowest BCUT2D eigenvalue weighted by Crippen LogP contribution is -2.54. The molecule has 2 rings (SSSR count). The van der Waals surface area contributed by atoms with Gasteiger partial charge in [-0.3, -0.25) is 9.59 Å². The molecular formula is C15H26N2O4. The van der Waals surface area contributed by atoms with Gasteiger partial charge in [0.15, 0.2) is 0 Å². The Morgan fingerprint density at radius 2 is 1.76 bits per heavy atom. The van der Waals surface area contributed by atoms with Crippen LogP contribution < -0.4 is 5.32 Å². The average Bonchev–Trinajstić information content (AvgIpc) is 2.48. The van der Waals surface area contributed by atoms with E-state index in [2.05, 4.69) is 5.32 Å². The number of amides is 1. The van der Waals surface area contributed by atoms with Crippen LogP contribution in [0, 0.1) is 10.8 Å². The van der Waals surface area contributed by atoms with Crippen molar-refractivity contribution in [3.05, 3.63) is 0 Å². The minimum atomic E-state index is -0.761. The highest BCUT2D eigenvalue weighted by molar-refractivity contribution is 5.83. The number of piperidine rings is 2. The quantitative estimate of drug-likeness (QED) is 0.799. The van der Waals surface area contributed by atoms with E-state index in [1.165, 1.54) is 0 Å². The number of rotatable bonds is 4. The minimum Gasteiger partial charge on any atom is -0.481 e. The topological polar surface area (TPSA) is 78.9 Å². The molecule has 0 atom stereocenters. The van der Waals surface area contributed by atoms with Crippen molar-refractivity contribution in [3.63, 3.8) is 0 Å². The summed E-state index contributed by atoms with van der Waals surface area (Å²) in [5, 5.41) is 12.6. The zero-order valence-electron chi connectivity index (χ0n) is 13.0. The van der Waals surface area contributed by atoms with Gasteiger partial charge < -0.3 is 20.1 Å². The Kier molecular flexibility index (Phi) is 4.88. The highest BCUT2D eigenvalue weighted by atomic mass is 16.5. The molecule has 0 spiro atoms. The number of carbonyl (C=O) groups excluding carboxylic acids is 1. The van der Waals surface area contributed by atoms with E-state index in [0.29, 0.717) is 32.5 Å². The second-order valence-electron chi connectivity index (χ2n) is 6.62. The number of nitrogens with zero attached hydrogens (tertiary/aromatic N) is 1. The molecule has 1 amide bonds. The molecule has 2 aliphatic rings. The lowest BCUT2D eigenvalue weighted by atomic mass is 9.76. The van der Waals surface area contributed by atoms with Crippen molar-refractivity contribution in [2.24, 2.45) is 10.8 Å². The van der Waals surface area contributed by atoms with Crippen molar-refractivity contribution < 1.29 is 19.4 Å². The van der Waals surface area contributed by atoms with Gasteiger partial charge in [-0.1, -0.05) is 0 Å². The first-order valence-electron chi connectivity index (χ1n) is 7.66. The van der Waals surface area contributed by atoms with Crippen LogP contribution in [0.3, 0.4) is 0 Å². The minimum absolute atomic E-state index is 0.137. The summed E-state index contributed by atoms with van der Waals surface area (Å²) in [5.74, 6) is -0.624. The smallest absolute Gasteiger partial charge is 0.309 e. The number of ether oxygens (including phenoxy) is 1. The molecule has 0 aromatic heterocycles. The summed E-state index contributed by atoms with van der Waals surface area (Å²) >= 11 is 0. The van der Waals surface area contributed by atoms with Crippen molar-refractivity contribution in [2.45, 2.75) is 32.6 Å². The molecule has 120 valence electrons. The first kappa shape index (κ1) is 16.2. The Hall–Kier alpha value is -1.14. The molecule has 0 saturated carbocycles. The molecule has 0 unspecified atom stereocenters. The zero-order valence-corrected chi connectivity index (χ0v) is 13.0. The number of likely N-dealkylation sites (tertiary alicyclic amines) is 1. The van der Waals surface area contributed by atoms with E-state index in [4.69, 9.17) is 4.74 Å². The van der Waals surface area contributed by atoms with Gasteiger partial charge in [0, 0.05) is 20.2 Å². The molecule has 0 aliphatic carbocycles. The third-order valence-electron chi connectivity index (χ3n) is 5.11. The van der Waals surface area contributed by atoms with Gasteiger partial charge in [0.05, 0.1) is 17.4 Å². The number of hydrogen-bond donors (Lipinski definition) is 2. The molecule has 6 nitrogen and oxygen atoms in total. The molecule has 2 heterocycles. The Bertz CT molecular complexity index is 391. The highest BCUT2D eigenvalue weighted by Gasteiger charge is 2.45. The van der Waals surface area contributed by atoms with E-state index < -0.39 is 16.8 Å². The second kappa shape index (κ2) is 6.32. The predicted molar refractivity (Wildman–Crippen MR) is 78.0 cm³/mol. The molecule has 21 heavy (non-hydrogen) atoms. The number of carboxylic acids is 1. The molecule has 0 bridgehead atoms. The molecule has 2 saturated heterocycles. The van der Waals surface area contributed by atoms with Crippen LogP contribution in [-0.4, -0.2) is 61.8 Å². The van der Waals surface area contributed by atoms with Gasteiger partial charge >= 0.3 is 5.97 Å². The molecule has 6 heteroatoms. The maximum absolute atomic E-state index is 12.9.